The van der Waals surface area contributed by atoms with Gasteiger partial charge < -0.3 is 15.0 Å². The number of carbonyl (C=O) groups is 1. The molecule has 0 unspecified atom stereocenters. The molecule has 0 saturated carbocycles. The Morgan fingerprint density at radius 2 is 1.97 bits per heavy atom. The third-order valence-electron chi connectivity index (χ3n) is 5.72. The number of piperazine rings is 1. The van der Waals surface area contributed by atoms with Crippen molar-refractivity contribution in [3.05, 3.63) is 58.8 Å². The lowest BCUT2D eigenvalue weighted by Crippen LogP contribution is -2.46. The molecule has 3 aromatic rings. The molecule has 1 amide bonds. The maximum atomic E-state index is 12.4. The van der Waals surface area contributed by atoms with Crippen LogP contribution in [0.5, 0.6) is 5.75 Å². The summed E-state index contributed by atoms with van der Waals surface area (Å²) in [6, 6.07) is 11.9. The van der Waals surface area contributed by atoms with Gasteiger partial charge in [-0.2, -0.15) is 5.10 Å². The average Bonchev–Trinajstić information content (AvgIpc) is 3.19. The SMILES string of the molecule is COc1ccccc1N1CCN(CCCCNC(=O)c2ccn3ncc(Br)c3c2)CC1. The van der Waals surface area contributed by atoms with Crippen molar-refractivity contribution < 1.29 is 9.53 Å². The number of carbonyl (C=O) groups excluding carboxylic acids is 1. The van der Waals surface area contributed by atoms with Crippen LogP contribution in [0, 0.1) is 0 Å². The molecule has 0 atom stereocenters. The van der Waals surface area contributed by atoms with Gasteiger partial charge >= 0.3 is 0 Å². The number of ether oxygens (including phenoxy) is 1. The fraction of sp³-hybridized carbons (Fsp3) is 0.391. The van der Waals surface area contributed by atoms with Gasteiger partial charge in [0.15, 0.2) is 0 Å². The van der Waals surface area contributed by atoms with Gasteiger partial charge in [0.05, 0.1) is 29.0 Å². The van der Waals surface area contributed by atoms with E-state index in [2.05, 4.69) is 48.3 Å². The lowest BCUT2D eigenvalue weighted by atomic mass is 10.2. The molecule has 7 nitrogen and oxygen atoms in total. The molecule has 1 N–H and O–H groups in total. The van der Waals surface area contributed by atoms with Crippen molar-refractivity contribution in [3.63, 3.8) is 0 Å². The highest BCUT2D eigenvalue weighted by molar-refractivity contribution is 9.10. The minimum Gasteiger partial charge on any atom is -0.495 e. The molecule has 8 heteroatoms. The van der Waals surface area contributed by atoms with Crippen molar-refractivity contribution >= 4 is 33.0 Å². The molecule has 0 radical (unpaired) electrons. The lowest BCUT2D eigenvalue weighted by Gasteiger charge is -2.36. The molecule has 2 aromatic heterocycles. The maximum absolute atomic E-state index is 12.4. The molecule has 1 aliphatic rings. The summed E-state index contributed by atoms with van der Waals surface area (Å²) in [5.74, 6) is 0.896. The first-order chi connectivity index (χ1) is 15.2. The van der Waals surface area contributed by atoms with Crippen molar-refractivity contribution in [2.24, 2.45) is 0 Å². The number of para-hydroxylation sites is 2. The van der Waals surface area contributed by atoms with E-state index < -0.39 is 0 Å². The van der Waals surface area contributed by atoms with Crippen LogP contribution in [0.25, 0.3) is 5.52 Å². The Bertz CT molecular complexity index is 1030. The number of nitrogens with zero attached hydrogens (tertiary/aromatic N) is 4. The van der Waals surface area contributed by atoms with Gasteiger partial charge in [0.2, 0.25) is 0 Å². The fourth-order valence-electron chi connectivity index (χ4n) is 3.96. The molecule has 3 heterocycles. The molecule has 164 valence electrons. The first-order valence-corrected chi connectivity index (χ1v) is 11.5. The van der Waals surface area contributed by atoms with Crippen LogP contribution >= 0.6 is 15.9 Å². The number of anilines is 1. The van der Waals surface area contributed by atoms with E-state index in [1.807, 2.05) is 18.2 Å². The van der Waals surface area contributed by atoms with E-state index in [4.69, 9.17) is 4.74 Å². The summed E-state index contributed by atoms with van der Waals surface area (Å²) in [4.78, 5) is 17.3. The standard InChI is InChI=1S/C23H28BrN5O2/c1-31-22-7-3-2-6-20(22)28-14-12-27(13-15-28)10-5-4-9-25-23(30)18-8-11-29-21(16-18)19(24)17-26-29/h2-3,6-8,11,16-17H,4-5,9-10,12-15H2,1H3,(H,25,30). The van der Waals surface area contributed by atoms with Crippen molar-refractivity contribution in [1.29, 1.82) is 0 Å². The van der Waals surface area contributed by atoms with Crippen LogP contribution in [0.15, 0.2) is 53.3 Å². The number of fused-ring (bicyclic) bond motifs is 1. The van der Waals surface area contributed by atoms with Gasteiger partial charge in [-0.25, -0.2) is 4.52 Å². The van der Waals surface area contributed by atoms with E-state index in [1.165, 1.54) is 5.69 Å². The lowest BCUT2D eigenvalue weighted by molar-refractivity contribution is 0.0952. The highest BCUT2D eigenvalue weighted by Crippen LogP contribution is 2.28. The number of unbranched alkanes of at least 4 members (excludes halogenated alkanes) is 1. The minimum absolute atomic E-state index is 0.0407. The molecular formula is C23H28BrN5O2. The summed E-state index contributed by atoms with van der Waals surface area (Å²) in [6.45, 7) is 5.85. The Kier molecular flexibility index (Phi) is 7.09. The zero-order valence-corrected chi connectivity index (χ0v) is 19.3. The van der Waals surface area contributed by atoms with Gasteiger partial charge in [0, 0.05) is 44.5 Å². The monoisotopic (exact) mass is 485 g/mol. The Balaban J connectivity index is 1.16. The first kappa shape index (κ1) is 21.6. The second-order valence-corrected chi connectivity index (χ2v) is 8.56. The molecule has 1 aliphatic heterocycles. The molecule has 31 heavy (non-hydrogen) atoms. The van der Waals surface area contributed by atoms with E-state index in [1.54, 1.807) is 30.1 Å². The number of hydrogen-bond acceptors (Lipinski definition) is 5. The number of benzene rings is 1. The third-order valence-corrected chi connectivity index (χ3v) is 6.33. The van der Waals surface area contributed by atoms with Gasteiger partial charge in [0.1, 0.15) is 5.75 Å². The quantitative estimate of drug-likeness (QED) is 0.495. The van der Waals surface area contributed by atoms with Crippen LogP contribution in [-0.4, -0.2) is 66.8 Å². The summed E-state index contributed by atoms with van der Waals surface area (Å²) in [5.41, 5.74) is 2.72. The van der Waals surface area contributed by atoms with Crippen LogP contribution in [0.4, 0.5) is 5.69 Å². The summed E-state index contributed by atoms with van der Waals surface area (Å²) < 4.78 is 8.12. The Labute approximate surface area is 191 Å². The van der Waals surface area contributed by atoms with Gasteiger partial charge in [-0.3, -0.25) is 9.69 Å². The van der Waals surface area contributed by atoms with E-state index in [-0.39, 0.29) is 5.91 Å². The smallest absolute Gasteiger partial charge is 0.251 e. The van der Waals surface area contributed by atoms with Crippen LogP contribution < -0.4 is 15.0 Å². The number of pyridine rings is 1. The van der Waals surface area contributed by atoms with Gasteiger partial charge in [0.25, 0.3) is 5.91 Å². The number of rotatable bonds is 8. The minimum atomic E-state index is -0.0407. The van der Waals surface area contributed by atoms with Crippen molar-refractivity contribution in [3.8, 4) is 5.75 Å². The largest absolute Gasteiger partial charge is 0.495 e. The van der Waals surface area contributed by atoms with Crippen molar-refractivity contribution in [1.82, 2.24) is 19.8 Å². The Morgan fingerprint density at radius 1 is 1.16 bits per heavy atom. The number of hydrogen-bond donors (Lipinski definition) is 1. The van der Waals surface area contributed by atoms with E-state index in [0.29, 0.717) is 12.1 Å². The van der Waals surface area contributed by atoms with Crippen LogP contribution in [0.3, 0.4) is 0 Å². The van der Waals surface area contributed by atoms with Crippen LogP contribution in [0.1, 0.15) is 23.2 Å². The predicted octanol–water partition coefficient (Wildman–Crippen LogP) is 3.44. The third kappa shape index (κ3) is 5.19. The summed E-state index contributed by atoms with van der Waals surface area (Å²) >= 11 is 3.46. The van der Waals surface area contributed by atoms with Crippen molar-refractivity contribution in [2.75, 3.05) is 51.3 Å². The van der Waals surface area contributed by atoms with Gasteiger partial charge in [-0.15, -0.1) is 0 Å². The number of amides is 1. The zero-order valence-electron chi connectivity index (χ0n) is 17.8. The first-order valence-electron chi connectivity index (χ1n) is 10.7. The molecule has 1 saturated heterocycles. The Morgan fingerprint density at radius 3 is 2.77 bits per heavy atom. The Hall–Kier alpha value is -2.58. The molecule has 0 aliphatic carbocycles. The second kappa shape index (κ2) is 10.2. The maximum Gasteiger partial charge on any atom is 0.251 e. The van der Waals surface area contributed by atoms with Crippen LogP contribution in [-0.2, 0) is 0 Å². The summed E-state index contributed by atoms with van der Waals surface area (Å²) in [5, 5.41) is 7.23. The summed E-state index contributed by atoms with van der Waals surface area (Å²) in [6.07, 6.45) is 5.58. The van der Waals surface area contributed by atoms with E-state index in [0.717, 1.165) is 61.3 Å². The second-order valence-electron chi connectivity index (χ2n) is 7.70. The van der Waals surface area contributed by atoms with E-state index in [9.17, 15) is 4.79 Å². The van der Waals surface area contributed by atoms with Gasteiger partial charge in [-0.1, -0.05) is 12.1 Å². The number of aromatic nitrogens is 2. The van der Waals surface area contributed by atoms with Gasteiger partial charge in [-0.05, 0) is 59.6 Å². The predicted molar refractivity (Wildman–Crippen MR) is 126 cm³/mol. The van der Waals surface area contributed by atoms with Crippen LogP contribution in [0.2, 0.25) is 0 Å². The molecular weight excluding hydrogens is 458 g/mol. The van der Waals surface area contributed by atoms with E-state index >= 15 is 0 Å². The highest BCUT2D eigenvalue weighted by atomic mass is 79.9. The molecule has 0 spiro atoms. The molecule has 1 fully saturated rings. The number of methoxy groups -OCH3 is 1. The molecule has 1 aromatic carbocycles. The normalized spacial score (nSPS) is 14.7. The average molecular weight is 486 g/mol. The summed E-state index contributed by atoms with van der Waals surface area (Å²) in [7, 11) is 1.73. The number of nitrogens with one attached hydrogen (secondary N) is 1. The van der Waals surface area contributed by atoms with Crippen molar-refractivity contribution in [2.45, 2.75) is 12.8 Å². The molecule has 4 rings (SSSR count). The topological polar surface area (TPSA) is 62.1 Å². The fourth-order valence-corrected chi connectivity index (χ4v) is 4.35. The molecule has 0 bridgehead atoms. The highest BCUT2D eigenvalue weighted by Gasteiger charge is 2.19. The number of halogens is 1. The zero-order chi connectivity index (χ0) is 21.6.